The molecule has 3 amide bonds. The van der Waals surface area contributed by atoms with Crippen molar-refractivity contribution in [1.29, 1.82) is 0 Å². The zero-order valence-corrected chi connectivity index (χ0v) is 15.7. The summed E-state index contributed by atoms with van der Waals surface area (Å²) in [5.74, 6) is 0.502. The Kier molecular flexibility index (Phi) is 7.28. The van der Waals surface area contributed by atoms with E-state index in [0.29, 0.717) is 38.7 Å². The zero-order valence-electron chi connectivity index (χ0n) is 15.7. The quantitative estimate of drug-likeness (QED) is 0.371. The normalized spacial score (nSPS) is 21.4. The van der Waals surface area contributed by atoms with Crippen LogP contribution in [0.15, 0.2) is 4.99 Å². The van der Waals surface area contributed by atoms with E-state index in [1.165, 1.54) is 4.90 Å². The molecule has 1 atom stereocenters. The van der Waals surface area contributed by atoms with Crippen LogP contribution in [0.25, 0.3) is 0 Å². The van der Waals surface area contributed by atoms with Crippen LogP contribution in [0.5, 0.6) is 0 Å². The first kappa shape index (κ1) is 21.3. The first-order valence-electron chi connectivity index (χ1n) is 9.06. The summed E-state index contributed by atoms with van der Waals surface area (Å²) < 4.78 is 37.8. The summed E-state index contributed by atoms with van der Waals surface area (Å²) in [5, 5.41) is 5.57. The summed E-state index contributed by atoms with van der Waals surface area (Å²) in [6.45, 7) is 3.54. The van der Waals surface area contributed by atoms with Crippen molar-refractivity contribution in [2.24, 2.45) is 10.9 Å². The maximum Gasteiger partial charge on any atom is 0.401 e. The van der Waals surface area contributed by atoms with Gasteiger partial charge in [0.1, 0.15) is 0 Å². The summed E-state index contributed by atoms with van der Waals surface area (Å²) >= 11 is 0. The lowest BCUT2D eigenvalue weighted by atomic mass is 10.1. The van der Waals surface area contributed by atoms with Gasteiger partial charge in [-0.15, -0.1) is 0 Å². The fourth-order valence-electron chi connectivity index (χ4n) is 3.39. The molecular formula is C16H27F3N6O2. The minimum atomic E-state index is -4.19. The number of hydrogen-bond donors (Lipinski definition) is 2. The maximum atomic E-state index is 12.6. The number of rotatable bonds is 7. The van der Waals surface area contributed by atoms with Gasteiger partial charge in [-0.3, -0.25) is 19.6 Å². The fourth-order valence-corrected chi connectivity index (χ4v) is 3.39. The zero-order chi connectivity index (χ0) is 20.0. The Hall–Kier alpha value is -2.04. The number of hydrogen-bond acceptors (Lipinski definition) is 4. The Morgan fingerprint density at radius 2 is 2.15 bits per heavy atom. The second-order valence-electron chi connectivity index (χ2n) is 6.72. The van der Waals surface area contributed by atoms with Crippen LogP contribution in [0.3, 0.4) is 0 Å². The van der Waals surface area contributed by atoms with Gasteiger partial charge in [0.2, 0.25) is 5.91 Å². The smallest absolute Gasteiger partial charge is 0.354 e. The van der Waals surface area contributed by atoms with Crippen LogP contribution in [-0.2, 0) is 4.79 Å². The van der Waals surface area contributed by atoms with E-state index in [1.54, 1.807) is 14.0 Å². The van der Waals surface area contributed by atoms with Crippen molar-refractivity contribution in [3.05, 3.63) is 0 Å². The highest BCUT2D eigenvalue weighted by atomic mass is 19.4. The lowest BCUT2D eigenvalue weighted by Crippen LogP contribution is -2.45. The summed E-state index contributed by atoms with van der Waals surface area (Å²) in [6.07, 6.45) is -3.40. The Morgan fingerprint density at radius 3 is 2.70 bits per heavy atom. The second-order valence-corrected chi connectivity index (χ2v) is 6.72. The number of nitrogens with one attached hydrogen (secondary N) is 2. The first-order valence-corrected chi connectivity index (χ1v) is 9.06. The van der Waals surface area contributed by atoms with E-state index in [0.717, 1.165) is 11.3 Å². The number of carbonyl (C=O) groups is 2. The Morgan fingerprint density at radius 1 is 1.41 bits per heavy atom. The van der Waals surface area contributed by atoms with Crippen LogP contribution in [0.4, 0.5) is 18.0 Å². The average molecular weight is 392 g/mol. The third-order valence-electron chi connectivity index (χ3n) is 4.72. The summed E-state index contributed by atoms with van der Waals surface area (Å²) in [6, 6.07) is -0.401. The van der Waals surface area contributed by atoms with Crippen LogP contribution in [0.2, 0.25) is 0 Å². The van der Waals surface area contributed by atoms with E-state index in [4.69, 9.17) is 0 Å². The molecule has 27 heavy (non-hydrogen) atoms. The van der Waals surface area contributed by atoms with Crippen molar-refractivity contribution in [3.63, 3.8) is 0 Å². The number of imide groups is 1. The minimum Gasteiger partial charge on any atom is -0.354 e. The number of halogens is 3. The van der Waals surface area contributed by atoms with Crippen LogP contribution >= 0.6 is 0 Å². The Labute approximate surface area is 156 Å². The predicted octanol–water partition coefficient (Wildman–Crippen LogP) is 0.320. The molecule has 1 unspecified atom stereocenters. The molecule has 0 saturated carbocycles. The topological polar surface area (TPSA) is 80.3 Å². The molecule has 2 aliphatic rings. The SMILES string of the molecule is CCN(CC1CCN(C(=NC)NCCN2C(=O)CNC2=O)C1)CC(F)(F)F. The van der Waals surface area contributed by atoms with Crippen LogP contribution < -0.4 is 10.6 Å². The van der Waals surface area contributed by atoms with E-state index in [-0.39, 0.29) is 24.9 Å². The molecule has 0 spiro atoms. The summed E-state index contributed by atoms with van der Waals surface area (Å²) in [7, 11) is 1.63. The van der Waals surface area contributed by atoms with Gasteiger partial charge in [0, 0.05) is 39.8 Å². The summed E-state index contributed by atoms with van der Waals surface area (Å²) in [4.78, 5) is 31.8. The van der Waals surface area contributed by atoms with Crippen molar-refractivity contribution in [3.8, 4) is 0 Å². The van der Waals surface area contributed by atoms with E-state index in [9.17, 15) is 22.8 Å². The van der Waals surface area contributed by atoms with Crippen LogP contribution in [0.1, 0.15) is 13.3 Å². The van der Waals surface area contributed by atoms with E-state index >= 15 is 0 Å². The molecule has 2 fully saturated rings. The van der Waals surface area contributed by atoms with Crippen molar-refractivity contribution in [1.82, 2.24) is 25.3 Å². The maximum absolute atomic E-state index is 12.6. The molecule has 0 radical (unpaired) electrons. The highest BCUT2D eigenvalue weighted by molar-refractivity contribution is 6.01. The van der Waals surface area contributed by atoms with E-state index in [1.807, 2.05) is 4.90 Å². The largest absolute Gasteiger partial charge is 0.401 e. The van der Waals surface area contributed by atoms with Crippen LogP contribution in [-0.4, -0.2) is 98.2 Å². The molecule has 154 valence electrons. The van der Waals surface area contributed by atoms with E-state index in [2.05, 4.69) is 15.6 Å². The highest BCUT2D eigenvalue weighted by Crippen LogP contribution is 2.21. The van der Waals surface area contributed by atoms with Crippen molar-refractivity contribution >= 4 is 17.9 Å². The lowest BCUT2D eigenvalue weighted by molar-refractivity contribution is -0.146. The fraction of sp³-hybridized carbons (Fsp3) is 0.812. The molecule has 2 rings (SSSR count). The van der Waals surface area contributed by atoms with Gasteiger partial charge in [-0.2, -0.15) is 13.2 Å². The van der Waals surface area contributed by atoms with Gasteiger partial charge in [-0.1, -0.05) is 6.92 Å². The number of likely N-dealkylation sites (tertiary alicyclic amines) is 1. The van der Waals surface area contributed by atoms with Gasteiger partial charge in [0.25, 0.3) is 0 Å². The van der Waals surface area contributed by atoms with Gasteiger partial charge in [-0.25, -0.2) is 4.79 Å². The van der Waals surface area contributed by atoms with E-state index < -0.39 is 18.8 Å². The number of nitrogens with zero attached hydrogens (tertiary/aromatic N) is 4. The number of guanidine groups is 1. The molecule has 0 aliphatic carbocycles. The lowest BCUT2D eigenvalue weighted by Gasteiger charge is -2.26. The molecule has 2 aliphatic heterocycles. The molecule has 0 aromatic rings. The second kappa shape index (κ2) is 9.25. The molecule has 2 N–H and O–H groups in total. The van der Waals surface area contributed by atoms with Gasteiger partial charge in [-0.05, 0) is 18.9 Å². The third kappa shape index (κ3) is 6.26. The molecule has 2 heterocycles. The van der Waals surface area contributed by atoms with Crippen molar-refractivity contribution in [2.45, 2.75) is 19.5 Å². The molecule has 0 bridgehead atoms. The van der Waals surface area contributed by atoms with Gasteiger partial charge < -0.3 is 15.5 Å². The monoisotopic (exact) mass is 392 g/mol. The molecule has 8 nitrogen and oxygen atoms in total. The predicted molar refractivity (Wildman–Crippen MR) is 94.3 cm³/mol. The molecule has 11 heteroatoms. The standard InChI is InChI=1S/C16H27F3N6O2/c1-3-23(11-16(17,18)19)9-12-4-6-24(10-12)14(20-2)21-5-7-25-13(26)8-22-15(25)27/h12H,3-11H2,1-2H3,(H,20,21)(H,22,27). The first-order chi connectivity index (χ1) is 12.7. The van der Waals surface area contributed by atoms with Gasteiger partial charge in [0.15, 0.2) is 5.96 Å². The number of carbonyl (C=O) groups excluding carboxylic acids is 2. The molecule has 0 aromatic heterocycles. The Bertz CT molecular complexity index is 553. The molecule has 2 saturated heterocycles. The number of aliphatic imine (C=N–C) groups is 1. The third-order valence-corrected chi connectivity index (χ3v) is 4.72. The van der Waals surface area contributed by atoms with Crippen molar-refractivity contribution in [2.75, 3.05) is 59.4 Å². The highest BCUT2D eigenvalue weighted by Gasteiger charge is 2.33. The Balaban J connectivity index is 1.78. The van der Waals surface area contributed by atoms with Crippen LogP contribution in [0, 0.1) is 5.92 Å². The minimum absolute atomic E-state index is 0.0210. The number of urea groups is 1. The van der Waals surface area contributed by atoms with Gasteiger partial charge >= 0.3 is 12.2 Å². The van der Waals surface area contributed by atoms with Gasteiger partial charge in [0.05, 0.1) is 13.1 Å². The number of amides is 3. The average Bonchev–Trinajstić information content (AvgIpc) is 3.18. The van der Waals surface area contributed by atoms with Crippen molar-refractivity contribution < 1.29 is 22.8 Å². The molecular weight excluding hydrogens is 365 g/mol. The number of alkyl halides is 3. The molecule has 0 aromatic carbocycles. The summed E-state index contributed by atoms with van der Waals surface area (Å²) in [5.41, 5.74) is 0.